The van der Waals surface area contributed by atoms with Crippen LogP contribution < -0.4 is 34.5 Å². The molecule has 15 nitrogen and oxygen atoms in total. The maximum atomic E-state index is 14.7. The third-order valence-corrected chi connectivity index (χ3v) is 5.84. The second kappa shape index (κ2) is 11.1. The van der Waals surface area contributed by atoms with Gasteiger partial charge in [0.1, 0.15) is 12.5 Å². The summed E-state index contributed by atoms with van der Waals surface area (Å²) in [5.74, 6) is -2.21. The van der Waals surface area contributed by atoms with Crippen molar-refractivity contribution in [3.8, 4) is 23.0 Å². The number of halogens is 1. The molecule has 0 atom stereocenters. The molecule has 4 N–H and O–H groups in total. The number of hydrogen-bond donors (Lipinski definition) is 4. The number of ether oxygens (including phenoxy) is 4. The van der Waals surface area contributed by atoms with Gasteiger partial charge in [-0.2, -0.15) is 4.98 Å². The van der Waals surface area contributed by atoms with Crippen molar-refractivity contribution < 1.29 is 51.1 Å². The van der Waals surface area contributed by atoms with E-state index in [4.69, 9.17) is 32.8 Å². The Labute approximate surface area is 231 Å². The van der Waals surface area contributed by atoms with Crippen LogP contribution in [0.3, 0.4) is 0 Å². The topological polar surface area (TPSA) is 187 Å². The second-order valence-electron chi connectivity index (χ2n) is 8.56. The van der Waals surface area contributed by atoms with Gasteiger partial charge in [0.25, 0.3) is 5.91 Å². The number of anilines is 5. The first-order chi connectivity index (χ1) is 20.0. The van der Waals surface area contributed by atoms with Gasteiger partial charge in [-0.1, -0.05) is 0 Å². The van der Waals surface area contributed by atoms with Gasteiger partial charge in [-0.05, 0) is 26.0 Å². The van der Waals surface area contributed by atoms with E-state index in [0.29, 0.717) is 0 Å². The van der Waals surface area contributed by atoms with Crippen LogP contribution in [0.2, 0.25) is 0 Å². The molecule has 214 valence electrons. The van der Waals surface area contributed by atoms with Gasteiger partial charge in [0.15, 0.2) is 40.3 Å². The van der Waals surface area contributed by atoms with Crippen molar-refractivity contribution >= 4 is 42.8 Å². The van der Waals surface area contributed by atoms with Gasteiger partial charge >= 0.3 is 7.82 Å². The molecule has 1 aliphatic rings. The molecule has 0 spiro atoms. The van der Waals surface area contributed by atoms with E-state index in [1.165, 1.54) is 52.3 Å². The Morgan fingerprint density at radius 3 is 2.48 bits per heavy atom. The smallest absolute Gasteiger partial charge is 0.471 e. The summed E-state index contributed by atoms with van der Waals surface area (Å²) in [7, 11) is -5.12. The average molecular weight is 583 g/mol. The molecule has 1 aliphatic heterocycles. The van der Waals surface area contributed by atoms with Crippen LogP contribution in [-0.2, 0) is 13.9 Å². The van der Waals surface area contributed by atoms with Gasteiger partial charge in [0.05, 0.1) is 31.6 Å². The zero-order valence-corrected chi connectivity index (χ0v) is 22.4. The molecule has 0 unspecified atom stereocenters. The molecule has 0 aliphatic carbocycles. The number of carbonyl (C=O) groups is 1. The van der Waals surface area contributed by atoms with Crippen LogP contribution in [0.5, 0.6) is 23.0 Å². The first-order valence-corrected chi connectivity index (χ1v) is 12.8. The predicted octanol–water partition coefficient (Wildman–Crippen LogP) is 3.09. The van der Waals surface area contributed by atoms with Gasteiger partial charge in [-0.25, -0.2) is 18.9 Å². The molecular weight excluding hydrogens is 554 g/mol. The summed E-state index contributed by atoms with van der Waals surface area (Å²) in [6.45, 7) is 2.08. The van der Waals surface area contributed by atoms with Crippen molar-refractivity contribution in [2.45, 2.75) is 19.4 Å². The highest BCUT2D eigenvalue weighted by Crippen LogP contribution is 2.42. The van der Waals surface area contributed by atoms with E-state index < -0.39 is 38.9 Å². The lowest BCUT2D eigenvalue weighted by molar-refractivity contribution is -0.133. The summed E-state index contributed by atoms with van der Waals surface area (Å²) in [6.07, 6.45) is 0.867. The number of pyridine rings is 1. The fraction of sp³-hybridized carbons (Fsp3) is 0.304. The number of rotatable bonds is 10. The summed E-state index contributed by atoms with van der Waals surface area (Å²) < 4.78 is 73.8. The summed E-state index contributed by atoms with van der Waals surface area (Å²) in [6, 6.07) is 5.60. The lowest BCUT2D eigenvalue weighted by atomic mass is 10.1. The molecular formula is C23H26FN6O9P. The number of aromatic nitrogens is 3. The van der Waals surface area contributed by atoms with Gasteiger partial charge < -0.3 is 39.4 Å². The van der Waals surface area contributed by atoms with Crippen molar-refractivity contribution in [1.29, 1.82) is 0 Å². The normalized spacial score (nSPS) is 15.6. The van der Waals surface area contributed by atoms with E-state index in [2.05, 4.69) is 30.1 Å². The highest BCUT2D eigenvalue weighted by molar-refractivity contribution is 7.46. The Morgan fingerprint density at radius 1 is 1.15 bits per heavy atom. The standard InChI is InChI=1S/C23H26FN6O9P/c1-23(2)21(31)30(11-38-40(32,33)34)20-14(39-23)6-7-17(28-20)27-19-13(24)10-25-22(29-19)26-12-8-15(35-3)18(37-5)16(9-12)36-4/h6-10H,11H2,1-5H3,(H2,32,33,34)(H2,25,26,27,28,29)/i5D3. The van der Waals surface area contributed by atoms with Crippen LogP contribution in [-0.4, -0.2) is 64.2 Å². The molecule has 3 aromatic rings. The van der Waals surface area contributed by atoms with E-state index in [9.17, 15) is 13.8 Å². The summed E-state index contributed by atoms with van der Waals surface area (Å²) in [5, 5.41) is 5.49. The number of nitrogens with zero attached hydrogens (tertiary/aromatic N) is 4. The fourth-order valence-electron chi connectivity index (χ4n) is 3.59. The first kappa shape index (κ1) is 24.8. The third kappa shape index (κ3) is 6.15. The second-order valence-corrected chi connectivity index (χ2v) is 9.80. The minimum atomic E-state index is -4.94. The number of carbonyl (C=O) groups excluding carboxylic acids is 1. The zero-order valence-electron chi connectivity index (χ0n) is 24.5. The van der Waals surface area contributed by atoms with E-state index in [0.717, 1.165) is 11.1 Å². The summed E-state index contributed by atoms with van der Waals surface area (Å²) in [5.41, 5.74) is -1.13. The molecule has 0 saturated carbocycles. The SMILES string of the molecule is [2H]C([2H])([2H])Oc1c(OC)cc(Nc2ncc(F)c(Nc3ccc4c(n3)N(COP(=O)(O)O)C(=O)C(C)(C)O4)n2)cc1OC. The molecule has 17 heteroatoms. The molecule has 4 rings (SSSR count). The van der Waals surface area contributed by atoms with E-state index in [-0.39, 0.29) is 52.1 Å². The molecule has 2 aromatic heterocycles. The number of benzene rings is 1. The van der Waals surface area contributed by atoms with E-state index in [1.54, 1.807) is 0 Å². The molecule has 0 saturated heterocycles. The molecule has 3 heterocycles. The summed E-state index contributed by atoms with van der Waals surface area (Å²) >= 11 is 0. The zero-order chi connectivity index (χ0) is 31.7. The summed E-state index contributed by atoms with van der Waals surface area (Å²) in [4.78, 5) is 44.3. The monoisotopic (exact) mass is 583 g/mol. The van der Waals surface area contributed by atoms with Gasteiger partial charge in [0.2, 0.25) is 11.7 Å². The highest BCUT2D eigenvalue weighted by Gasteiger charge is 2.42. The lowest BCUT2D eigenvalue weighted by Crippen LogP contribution is -2.53. The van der Waals surface area contributed by atoms with Crippen LogP contribution in [0.25, 0.3) is 0 Å². The molecule has 1 amide bonds. The number of amides is 1. The van der Waals surface area contributed by atoms with Crippen molar-refractivity contribution in [2.24, 2.45) is 0 Å². The number of nitrogens with one attached hydrogen (secondary N) is 2. The van der Waals surface area contributed by atoms with Crippen LogP contribution >= 0.6 is 7.82 Å². The highest BCUT2D eigenvalue weighted by atomic mass is 31.2. The van der Waals surface area contributed by atoms with Crippen molar-refractivity contribution in [3.05, 3.63) is 36.3 Å². The van der Waals surface area contributed by atoms with Crippen LogP contribution in [0.1, 0.15) is 18.0 Å². The maximum absolute atomic E-state index is 14.7. The molecule has 40 heavy (non-hydrogen) atoms. The largest absolute Gasteiger partial charge is 0.493 e. The van der Waals surface area contributed by atoms with Crippen molar-refractivity contribution in [1.82, 2.24) is 15.0 Å². The lowest BCUT2D eigenvalue weighted by Gasteiger charge is -2.37. The minimum Gasteiger partial charge on any atom is -0.493 e. The maximum Gasteiger partial charge on any atom is 0.471 e. The van der Waals surface area contributed by atoms with Crippen LogP contribution in [0, 0.1) is 5.82 Å². The Hall–Kier alpha value is -4.24. The first-order valence-electron chi connectivity index (χ1n) is 12.7. The Kier molecular flexibility index (Phi) is 6.87. The quantitative estimate of drug-likeness (QED) is 0.255. The predicted molar refractivity (Wildman–Crippen MR) is 139 cm³/mol. The molecule has 0 radical (unpaired) electrons. The van der Waals surface area contributed by atoms with Crippen molar-refractivity contribution in [2.75, 3.05) is 43.5 Å². The number of fused-ring (bicyclic) bond motifs is 1. The van der Waals surface area contributed by atoms with Crippen LogP contribution in [0.4, 0.5) is 33.5 Å². The number of phosphoric ester groups is 1. The van der Waals surface area contributed by atoms with E-state index >= 15 is 0 Å². The van der Waals surface area contributed by atoms with Gasteiger partial charge in [-0.3, -0.25) is 14.2 Å². The van der Waals surface area contributed by atoms with Crippen LogP contribution in [0.15, 0.2) is 30.5 Å². The number of phosphoric acid groups is 1. The minimum absolute atomic E-state index is 0.0175. The fourth-order valence-corrected chi connectivity index (χ4v) is 3.85. The third-order valence-electron chi connectivity index (χ3n) is 5.38. The molecule has 0 fully saturated rings. The van der Waals surface area contributed by atoms with Gasteiger partial charge in [0, 0.05) is 17.8 Å². The Morgan fingerprint density at radius 2 is 1.85 bits per heavy atom. The average Bonchev–Trinajstić information content (AvgIpc) is 2.90. The van der Waals surface area contributed by atoms with E-state index in [1.807, 2.05) is 0 Å². The Bertz CT molecular complexity index is 1570. The molecule has 1 aromatic carbocycles. The Balaban J connectivity index is 1.62. The van der Waals surface area contributed by atoms with Crippen molar-refractivity contribution in [3.63, 3.8) is 0 Å². The number of hydrogen-bond acceptors (Lipinski definition) is 12. The number of methoxy groups -OCH3 is 3. The molecule has 0 bridgehead atoms. The van der Waals surface area contributed by atoms with Gasteiger partial charge in [-0.15, -0.1) is 0 Å².